The molecule has 62 valence electrons. The van der Waals surface area contributed by atoms with E-state index < -0.39 is 0 Å². The minimum absolute atomic E-state index is 0.356. The first kappa shape index (κ1) is 8.32. The molecule has 0 atom stereocenters. The van der Waals surface area contributed by atoms with Crippen LogP contribution in [0.3, 0.4) is 0 Å². The van der Waals surface area contributed by atoms with Crippen molar-refractivity contribution >= 4 is 11.7 Å². The third-order valence-corrected chi connectivity index (χ3v) is 1.24. The molecule has 5 heteroatoms. The average molecular weight is 164 g/mol. The van der Waals surface area contributed by atoms with Crippen molar-refractivity contribution in [3.8, 4) is 0 Å². The first-order valence-corrected chi connectivity index (χ1v) is 3.39. The summed E-state index contributed by atoms with van der Waals surface area (Å²) in [4.78, 5) is 9.77. The van der Waals surface area contributed by atoms with Crippen molar-refractivity contribution in [1.82, 2.24) is 0 Å². The van der Waals surface area contributed by atoms with Gasteiger partial charge < -0.3 is 5.73 Å². The molecule has 0 unspecified atom stereocenters. The van der Waals surface area contributed by atoms with Crippen molar-refractivity contribution in [3.05, 3.63) is 29.2 Å². The van der Waals surface area contributed by atoms with Crippen LogP contribution in [0, 0.1) is 4.91 Å². The van der Waals surface area contributed by atoms with Crippen molar-refractivity contribution in [2.45, 2.75) is 6.42 Å². The Hall–Kier alpha value is -1.78. The molecule has 0 fully saturated rings. The topological polar surface area (TPSA) is 80.2 Å². The molecular formula is C7H8N4O. The van der Waals surface area contributed by atoms with Crippen molar-refractivity contribution in [1.29, 1.82) is 0 Å². The van der Waals surface area contributed by atoms with Gasteiger partial charge in [0.1, 0.15) is 0 Å². The maximum absolute atomic E-state index is 9.77. The van der Waals surface area contributed by atoms with Gasteiger partial charge in [-0.2, -0.15) is 5.10 Å². The summed E-state index contributed by atoms with van der Waals surface area (Å²) < 4.78 is 0. The molecule has 1 aliphatic carbocycles. The van der Waals surface area contributed by atoms with Crippen LogP contribution < -0.4 is 5.73 Å². The van der Waals surface area contributed by atoms with E-state index in [-0.39, 0.29) is 5.96 Å². The zero-order valence-corrected chi connectivity index (χ0v) is 6.34. The van der Waals surface area contributed by atoms with Crippen LogP contribution in [0.15, 0.2) is 39.7 Å². The van der Waals surface area contributed by atoms with Gasteiger partial charge in [0, 0.05) is 11.6 Å². The summed E-state index contributed by atoms with van der Waals surface area (Å²) in [7, 11) is 0. The molecule has 5 nitrogen and oxygen atoms in total. The molecule has 0 bridgehead atoms. The van der Waals surface area contributed by atoms with Crippen molar-refractivity contribution in [2.75, 3.05) is 0 Å². The van der Waals surface area contributed by atoms with Crippen molar-refractivity contribution < 1.29 is 0 Å². The normalized spacial score (nSPS) is 20.0. The van der Waals surface area contributed by atoms with E-state index in [1.54, 1.807) is 6.08 Å². The Labute approximate surface area is 69.3 Å². The lowest BCUT2D eigenvalue weighted by atomic mass is 10.2. The second-order valence-electron chi connectivity index (χ2n) is 2.13. The van der Waals surface area contributed by atoms with Crippen LogP contribution in [-0.2, 0) is 0 Å². The second kappa shape index (κ2) is 4.17. The van der Waals surface area contributed by atoms with Crippen LogP contribution >= 0.6 is 0 Å². The maximum Gasteiger partial charge on any atom is 0.281 e. The van der Waals surface area contributed by atoms with Gasteiger partial charge in [-0.1, -0.05) is 18.2 Å². The third-order valence-electron chi connectivity index (χ3n) is 1.24. The molecule has 1 aliphatic rings. The lowest BCUT2D eigenvalue weighted by Gasteiger charge is -1.96. The van der Waals surface area contributed by atoms with Crippen LogP contribution in [-0.4, -0.2) is 11.7 Å². The van der Waals surface area contributed by atoms with Crippen LogP contribution in [0.25, 0.3) is 0 Å². The summed E-state index contributed by atoms with van der Waals surface area (Å²) in [6.45, 7) is 0. The molecule has 0 aromatic carbocycles. The van der Waals surface area contributed by atoms with Gasteiger partial charge in [-0.05, 0) is 6.08 Å². The predicted molar refractivity (Wildman–Crippen MR) is 47.7 cm³/mol. The number of hydrogen-bond donors (Lipinski definition) is 1. The van der Waals surface area contributed by atoms with Crippen LogP contribution in [0.4, 0.5) is 0 Å². The van der Waals surface area contributed by atoms with Crippen LogP contribution in [0.5, 0.6) is 0 Å². The molecule has 0 radical (unpaired) electrons. The highest BCUT2D eigenvalue weighted by atomic mass is 16.3. The number of nitrogens with two attached hydrogens (primary N) is 1. The van der Waals surface area contributed by atoms with E-state index >= 15 is 0 Å². The van der Waals surface area contributed by atoms with E-state index in [1.165, 1.54) is 0 Å². The van der Waals surface area contributed by atoms with E-state index in [9.17, 15) is 4.91 Å². The minimum atomic E-state index is -0.356. The molecule has 0 saturated carbocycles. The standard InChI is InChI=1S/C7H8N4O/c8-7(11-12)10-9-6-4-2-1-3-5-6/h1-4H,5H2,(H2,8,10). The number of allylic oxidation sites excluding steroid dienone is 4. The minimum Gasteiger partial charge on any atom is -0.364 e. The van der Waals surface area contributed by atoms with Gasteiger partial charge in [-0.25, -0.2) is 0 Å². The number of nitroso groups, excluding NO2 is 1. The molecule has 0 amide bonds. The lowest BCUT2D eigenvalue weighted by Crippen LogP contribution is -2.06. The highest BCUT2D eigenvalue weighted by molar-refractivity contribution is 5.97. The van der Waals surface area contributed by atoms with Gasteiger partial charge >= 0.3 is 0 Å². The fourth-order valence-electron chi connectivity index (χ4n) is 0.710. The van der Waals surface area contributed by atoms with E-state index in [2.05, 4.69) is 15.4 Å². The molecule has 0 spiro atoms. The van der Waals surface area contributed by atoms with Crippen LogP contribution in [0.2, 0.25) is 0 Å². The summed E-state index contributed by atoms with van der Waals surface area (Å²) >= 11 is 0. The van der Waals surface area contributed by atoms with E-state index in [4.69, 9.17) is 5.73 Å². The number of nitrogens with zero attached hydrogens (tertiary/aromatic N) is 3. The number of hydrogen-bond acceptors (Lipinski definition) is 3. The highest BCUT2D eigenvalue weighted by Crippen LogP contribution is 1.99. The molecule has 12 heavy (non-hydrogen) atoms. The lowest BCUT2D eigenvalue weighted by molar-refractivity contribution is 1.18. The van der Waals surface area contributed by atoms with Gasteiger partial charge in [0.25, 0.3) is 5.96 Å². The molecular weight excluding hydrogens is 156 g/mol. The molecule has 0 saturated heterocycles. The van der Waals surface area contributed by atoms with Crippen LogP contribution in [0.1, 0.15) is 6.42 Å². The fourth-order valence-corrected chi connectivity index (χ4v) is 0.710. The predicted octanol–water partition coefficient (Wildman–Crippen LogP) is 0.940. The third kappa shape index (κ3) is 2.45. The van der Waals surface area contributed by atoms with Gasteiger partial charge in [0.05, 0.1) is 5.71 Å². The van der Waals surface area contributed by atoms with Gasteiger partial charge in [0.2, 0.25) is 0 Å². The van der Waals surface area contributed by atoms with Crippen molar-refractivity contribution in [3.63, 3.8) is 0 Å². The Balaban J connectivity index is 2.64. The Morgan fingerprint density at radius 3 is 2.92 bits per heavy atom. The number of guanidine groups is 1. The maximum atomic E-state index is 9.77. The van der Waals surface area contributed by atoms with Crippen molar-refractivity contribution in [2.24, 2.45) is 21.1 Å². The molecule has 0 aromatic heterocycles. The van der Waals surface area contributed by atoms with Gasteiger partial charge in [-0.3, -0.25) is 0 Å². The Bertz CT molecular complexity index is 288. The quantitative estimate of drug-likeness (QED) is 0.271. The highest BCUT2D eigenvalue weighted by Gasteiger charge is 1.94. The largest absolute Gasteiger partial charge is 0.364 e. The van der Waals surface area contributed by atoms with Gasteiger partial charge in [0.15, 0.2) is 0 Å². The zero-order valence-electron chi connectivity index (χ0n) is 6.34. The summed E-state index contributed by atoms with van der Waals surface area (Å²) in [5.41, 5.74) is 5.77. The van der Waals surface area contributed by atoms with E-state index in [1.807, 2.05) is 18.2 Å². The Morgan fingerprint density at radius 1 is 1.50 bits per heavy atom. The second-order valence-corrected chi connectivity index (χ2v) is 2.13. The average Bonchev–Trinajstić information content (AvgIpc) is 2.16. The summed E-state index contributed by atoms with van der Waals surface area (Å²) in [6, 6.07) is 0. The summed E-state index contributed by atoms with van der Waals surface area (Å²) in [5.74, 6) is -0.356. The fraction of sp³-hybridized carbons (Fsp3) is 0.143. The molecule has 2 N–H and O–H groups in total. The summed E-state index contributed by atoms with van der Waals surface area (Å²) in [5, 5.41) is 9.49. The Morgan fingerprint density at radius 2 is 2.33 bits per heavy atom. The molecule has 1 rings (SSSR count). The smallest absolute Gasteiger partial charge is 0.281 e. The van der Waals surface area contributed by atoms with E-state index in [0.717, 1.165) is 5.71 Å². The van der Waals surface area contributed by atoms with Gasteiger partial charge in [-0.15, -0.1) is 10.0 Å². The monoisotopic (exact) mass is 164 g/mol. The number of rotatable bonds is 1. The summed E-state index contributed by atoms with van der Waals surface area (Å²) in [6.07, 6.45) is 8.17. The first-order valence-electron chi connectivity index (χ1n) is 3.39. The van der Waals surface area contributed by atoms with E-state index in [0.29, 0.717) is 6.42 Å². The molecule has 0 heterocycles. The zero-order chi connectivity index (χ0) is 8.81. The Kier molecular flexibility index (Phi) is 2.89. The SMILES string of the molecule is N/C(N=O)=N/N=C1C=CC=CC1. The molecule has 0 aliphatic heterocycles. The molecule has 0 aromatic rings. The first-order chi connectivity index (χ1) is 5.83.